The summed E-state index contributed by atoms with van der Waals surface area (Å²) in [6.07, 6.45) is 1.82. The van der Waals surface area contributed by atoms with E-state index < -0.39 is 0 Å². The van der Waals surface area contributed by atoms with Gasteiger partial charge in [0.2, 0.25) is 5.95 Å². The van der Waals surface area contributed by atoms with Crippen molar-refractivity contribution in [3.63, 3.8) is 0 Å². The fraction of sp³-hybridized carbons (Fsp3) is 0.385. The van der Waals surface area contributed by atoms with E-state index in [1.165, 1.54) is 0 Å². The van der Waals surface area contributed by atoms with E-state index in [-0.39, 0.29) is 0 Å². The molecule has 0 spiro atoms. The minimum absolute atomic E-state index is 0.764. The van der Waals surface area contributed by atoms with Gasteiger partial charge < -0.3 is 9.80 Å². The van der Waals surface area contributed by atoms with Crippen molar-refractivity contribution in [1.82, 2.24) is 14.9 Å². The number of rotatable bonds is 2. The van der Waals surface area contributed by atoms with Crippen LogP contribution in [0, 0.1) is 0 Å². The molecule has 2 aromatic rings. The largest absolute Gasteiger partial charge is 0.338 e. The van der Waals surface area contributed by atoms with Crippen LogP contribution in [-0.2, 0) is 0 Å². The number of piperazine rings is 1. The molecule has 0 aliphatic carbocycles. The summed E-state index contributed by atoms with van der Waals surface area (Å²) in [6, 6.07) is 3.88. The maximum atomic E-state index is 5.97. The first kappa shape index (κ1) is 12.8. The van der Waals surface area contributed by atoms with Gasteiger partial charge in [-0.1, -0.05) is 11.6 Å². The number of nitrogens with zero attached hydrogens (tertiary/aromatic N) is 4. The Bertz CT molecular complexity index is 563. The average molecular weight is 295 g/mol. The Hall–Kier alpha value is -1.17. The van der Waals surface area contributed by atoms with Crippen LogP contribution in [0.3, 0.4) is 0 Å². The summed E-state index contributed by atoms with van der Waals surface area (Å²) in [6.45, 7) is 4.06. The highest BCUT2D eigenvalue weighted by Gasteiger charge is 2.17. The summed E-state index contributed by atoms with van der Waals surface area (Å²) in [4.78, 5) is 14.7. The van der Waals surface area contributed by atoms with Crippen LogP contribution >= 0.6 is 22.9 Å². The van der Waals surface area contributed by atoms with Gasteiger partial charge in [0, 0.05) is 37.8 Å². The van der Waals surface area contributed by atoms with Gasteiger partial charge in [-0.15, -0.1) is 11.3 Å². The molecule has 0 amide bonds. The lowest BCUT2D eigenvalue weighted by molar-refractivity contribution is 0.311. The molecule has 1 fully saturated rings. The van der Waals surface area contributed by atoms with E-state index in [1.807, 2.05) is 23.7 Å². The standard InChI is InChI=1S/C13H15ClN4S/c1-17-4-6-18(7-5-17)13-15-3-2-11(16-13)12-8-10(14)9-19-12/h2-3,8-9H,4-7H2,1H3. The fourth-order valence-corrected chi connectivity index (χ4v) is 3.14. The van der Waals surface area contributed by atoms with Gasteiger partial charge >= 0.3 is 0 Å². The zero-order valence-electron chi connectivity index (χ0n) is 10.7. The number of anilines is 1. The summed E-state index contributed by atoms with van der Waals surface area (Å²) >= 11 is 7.58. The van der Waals surface area contributed by atoms with Crippen molar-refractivity contribution in [2.45, 2.75) is 0 Å². The van der Waals surface area contributed by atoms with Crippen LogP contribution < -0.4 is 4.90 Å². The Balaban J connectivity index is 1.84. The third-order valence-corrected chi connectivity index (χ3v) is 4.55. The molecular formula is C13H15ClN4S. The highest BCUT2D eigenvalue weighted by molar-refractivity contribution is 7.14. The monoisotopic (exact) mass is 294 g/mol. The maximum absolute atomic E-state index is 5.97. The SMILES string of the molecule is CN1CCN(c2nccc(-c3cc(Cl)cs3)n2)CC1. The minimum atomic E-state index is 0.764. The van der Waals surface area contributed by atoms with Crippen molar-refractivity contribution in [3.05, 3.63) is 28.7 Å². The van der Waals surface area contributed by atoms with Crippen molar-refractivity contribution in [2.75, 3.05) is 38.1 Å². The molecule has 0 aromatic carbocycles. The van der Waals surface area contributed by atoms with Gasteiger partial charge in [-0.05, 0) is 19.2 Å². The fourth-order valence-electron chi connectivity index (χ4n) is 2.09. The lowest BCUT2D eigenvalue weighted by Crippen LogP contribution is -2.45. The van der Waals surface area contributed by atoms with E-state index in [1.54, 1.807) is 11.3 Å². The van der Waals surface area contributed by atoms with Crippen molar-refractivity contribution in [1.29, 1.82) is 0 Å². The predicted molar refractivity (Wildman–Crippen MR) is 80.1 cm³/mol. The van der Waals surface area contributed by atoms with Gasteiger partial charge in [-0.3, -0.25) is 0 Å². The Morgan fingerprint density at radius 3 is 2.74 bits per heavy atom. The van der Waals surface area contributed by atoms with Crippen LogP contribution in [0.25, 0.3) is 10.6 Å². The second-order valence-electron chi connectivity index (χ2n) is 4.66. The smallest absolute Gasteiger partial charge is 0.225 e. The first-order valence-electron chi connectivity index (χ1n) is 6.23. The molecule has 0 radical (unpaired) electrons. The molecule has 6 heteroatoms. The third-order valence-electron chi connectivity index (χ3n) is 3.25. The molecular weight excluding hydrogens is 280 g/mol. The highest BCUT2D eigenvalue weighted by Crippen LogP contribution is 2.28. The summed E-state index contributed by atoms with van der Waals surface area (Å²) in [5.74, 6) is 0.815. The minimum Gasteiger partial charge on any atom is -0.338 e. The van der Waals surface area contributed by atoms with Crippen molar-refractivity contribution in [2.24, 2.45) is 0 Å². The quantitative estimate of drug-likeness (QED) is 0.852. The number of halogens is 1. The molecule has 0 bridgehead atoms. The second kappa shape index (κ2) is 5.45. The normalized spacial score (nSPS) is 16.8. The van der Waals surface area contributed by atoms with Crippen molar-refractivity contribution in [3.8, 4) is 10.6 Å². The van der Waals surface area contributed by atoms with Crippen LogP contribution in [0.2, 0.25) is 5.02 Å². The van der Waals surface area contributed by atoms with Gasteiger partial charge in [-0.25, -0.2) is 9.97 Å². The van der Waals surface area contributed by atoms with E-state index in [4.69, 9.17) is 11.6 Å². The van der Waals surface area contributed by atoms with Crippen molar-refractivity contribution < 1.29 is 0 Å². The molecule has 1 saturated heterocycles. The molecule has 4 nitrogen and oxygen atoms in total. The molecule has 0 saturated carbocycles. The summed E-state index contributed by atoms with van der Waals surface area (Å²) in [7, 11) is 2.14. The summed E-state index contributed by atoms with van der Waals surface area (Å²) in [5, 5.41) is 2.69. The number of hydrogen-bond donors (Lipinski definition) is 0. The lowest BCUT2D eigenvalue weighted by Gasteiger charge is -2.32. The zero-order chi connectivity index (χ0) is 13.2. The average Bonchev–Trinajstić information content (AvgIpc) is 2.86. The predicted octanol–water partition coefficient (Wildman–Crippen LogP) is 2.61. The summed E-state index contributed by atoms with van der Waals surface area (Å²) in [5.41, 5.74) is 0.945. The highest BCUT2D eigenvalue weighted by atomic mass is 35.5. The molecule has 3 rings (SSSR count). The Labute approximate surface area is 121 Å². The van der Waals surface area contributed by atoms with E-state index >= 15 is 0 Å². The van der Waals surface area contributed by atoms with E-state index in [0.717, 1.165) is 47.7 Å². The lowest BCUT2D eigenvalue weighted by atomic mass is 10.3. The van der Waals surface area contributed by atoms with Gasteiger partial charge in [0.25, 0.3) is 0 Å². The molecule has 0 unspecified atom stereocenters. The van der Waals surface area contributed by atoms with Crippen LogP contribution in [-0.4, -0.2) is 48.1 Å². The Morgan fingerprint density at radius 1 is 1.26 bits per heavy atom. The number of hydrogen-bond acceptors (Lipinski definition) is 5. The Kier molecular flexibility index (Phi) is 3.68. The molecule has 2 aromatic heterocycles. The van der Waals surface area contributed by atoms with Crippen LogP contribution in [0.4, 0.5) is 5.95 Å². The van der Waals surface area contributed by atoms with Gasteiger partial charge in [0.05, 0.1) is 15.6 Å². The van der Waals surface area contributed by atoms with Crippen LogP contribution in [0.5, 0.6) is 0 Å². The molecule has 19 heavy (non-hydrogen) atoms. The number of likely N-dealkylation sites (N-methyl/N-ethyl adjacent to an activating group) is 1. The van der Waals surface area contributed by atoms with Crippen LogP contribution in [0.15, 0.2) is 23.7 Å². The molecule has 1 aliphatic heterocycles. The zero-order valence-corrected chi connectivity index (χ0v) is 12.3. The molecule has 0 N–H and O–H groups in total. The molecule has 1 aliphatic rings. The first-order valence-corrected chi connectivity index (χ1v) is 7.49. The van der Waals surface area contributed by atoms with Gasteiger partial charge in [-0.2, -0.15) is 0 Å². The summed E-state index contributed by atoms with van der Waals surface area (Å²) < 4.78 is 0. The third kappa shape index (κ3) is 2.88. The number of thiophene rings is 1. The second-order valence-corrected chi connectivity index (χ2v) is 6.01. The topological polar surface area (TPSA) is 32.3 Å². The molecule has 100 valence electrons. The van der Waals surface area contributed by atoms with E-state index in [0.29, 0.717) is 0 Å². The van der Waals surface area contributed by atoms with Gasteiger partial charge in [0.1, 0.15) is 0 Å². The number of aromatic nitrogens is 2. The molecule has 0 atom stereocenters. The first-order chi connectivity index (χ1) is 9.22. The van der Waals surface area contributed by atoms with E-state index in [9.17, 15) is 0 Å². The van der Waals surface area contributed by atoms with Crippen molar-refractivity contribution >= 4 is 28.9 Å². The Morgan fingerprint density at radius 2 is 2.05 bits per heavy atom. The molecule has 3 heterocycles. The van der Waals surface area contributed by atoms with Gasteiger partial charge in [0.15, 0.2) is 0 Å². The van der Waals surface area contributed by atoms with E-state index in [2.05, 4.69) is 26.8 Å². The van der Waals surface area contributed by atoms with Crippen LogP contribution in [0.1, 0.15) is 0 Å². The maximum Gasteiger partial charge on any atom is 0.225 e.